The van der Waals surface area contributed by atoms with Crippen molar-refractivity contribution in [1.29, 1.82) is 0 Å². The Balaban J connectivity index is 2.34. The molecule has 0 atom stereocenters. The predicted octanol–water partition coefficient (Wildman–Crippen LogP) is 1.42. The van der Waals surface area contributed by atoms with Crippen molar-refractivity contribution >= 4 is 5.97 Å². The van der Waals surface area contributed by atoms with E-state index < -0.39 is 5.97 Å². The summed E-state index contributed by atoms with van der Waals surface area (Å²) in [5.74, 6) is 0.104. The fourth-order valence-corrected chi connectivity index (χ4v) is 1.53. The smallest absolute Gasteiger partial charge is 0.311 e. The van der Waals surface area contributed by atoms with Crippen molar-refractivity contribution in [2.75, 3.05) is 0 Å². The van der Waals surface area contributed by atoms with Crippen LogP contribution in [0.2, 0.25) is 0 Å². The summed E-state index contributed by atoms with van der Waals surface area (Å²) in [6.07, 6.45) is -0.116. The number of carboxylic acid groups (broad SMARTS) is 1. The van der Waals surface area contributed by atoms with Gasteiger partial charge in [-0.15, -0.1) is 0 Å². The number of rotatable bonds is 3. The molecular weight excluding hydrogens is 218 g/mol. The topological polar surface area (TPSA) is 68.0 Å². The maximum Gasteiger partial charge on any atom is 0.311 e. The summed E-state index contributed by atoms with van der Waals surface area (Å²) in [4.78, 5) is 14.9. The zero-order chi connectivity index (χ0) is 12.4. The van der Waals surface area contributed by atoms with Crippen LogP contribution in [0.3, 0.4) is 0 Å². The van der Waals surface area contributed by atoms with Gasteiger partial charge in [-0.2, -0.15) is 5.10 Å². The van der Waals surface area contributed by atoms with Gasteiger partial charge in [0.05, 0.1) is 0 Å². The van der Waals surface area contributed by atoms with E-state index in [0.29, 0.717) is 11.6 Å². The van der Waals surface area contributed by atoms with Gasteiger partial charge in [0.2, 0.25) is 0 Å². The first-order chi connectivity index (χ1) is 8.06. The lowest BCUT2D eigenvalue weighted by Crippen LogP contribution is -2.06. The molecule has 1 N–H and O–H groups in total. The molecule has 0 saturated heterocycles. The fraction of sp³-hybridized carbons (Fsp3) is 0.250. The Morgan fingerprint density at radius 2 is 2.00 bits per heavy atom. The third-order valence-corrected chi connectivity index (χ3v) is 2.47. The molecule has 0 amide bonds. The van der Waals surface area contributed by atoms with E-state index in [9.17, 15) is 4.79 Å². The number of hydrogen-bond acceptors (Lipinski definition) is 3. The molecule has 0 radical (unpaired) electrons. The van der Waals surface area contributed by atoms with Crippen LogP contribution in [0.5, 0.6) is 0 Å². The number of carbonyl (C=O) groups is 1. The van der Waals surface area contributed by atoms with Gasteiger partial charge in [-0.3, -0.25) is 9.48 Å². The molecule has 0 unspecified atom stereocenters. The first-order valence-electron chi connectivity index (χ1n) is 5.25. The van der Waals surface area contributed by atoms with E-state index in [1.807, 2.05) is 31.2 Å². The predicted molar refractivity (Wildman–Crippen MR) is 62.5 cm³/mol. The quantitative estimate of drug-likeness (QED) is 0.867. The van der Waals surface area contributed by atoms with E-state index in [-0.39, 0.29) is 6.42 Å². The maximum atomic E-state index is 10.6. The van der Waals surface area contributed by atoms with Gasteiger partial charge in [0.1, 0.15) is 12.2 Å². The molecule has 5 nitrogen and oxygen atoms in total. The molecule has 0 saturated carbocycles. The molecule has 0 spiro atoms. The Morgan fingerprint density at radius 3 is 2.59 bits per heavy atom. The zero-order valence-electron chi connectivity index (χ0n) is 9.71. The van der Waals surface area contributed by atoms with Gasteiger partial charge in [0, 0.05) is 12.6 Å². The van der Waals surface area contributed by atoms with Crippen LogP contribution < -0.4 is 0 Å². The highest BCUT2D eigenvalue weighted by molar-refractivity contribution is 5.69. The van der Waals surface area contributed by atoms with Crippen molar-refractivity contribution in [3.63, 3.8) is 0 Å². The molecule has 0 fully saturated rings. The van der Waals surface area contributed by atoms with Crippen molar-refractivity contribution in [2.45, 2.75) is 13.3 Å². The van der Waals surface area contributed by atoms with E-state index in [1.165, 1.54) is 4.68 Å². The molecule has 1 heterocycles. The van der Waals surface area contributed by atoms with Gasteiger partial charge in [0.15, 0.2) is 5.82 Å². The highest BCUT2D eigenvalue weighted by Crippen LogP contribution is 2.16. The van der Waals surface area contributed by atoms with Crippen molar-refractivity contribution in [3.05, 3.63) is 35.7 Å². The van der Waals surface area contributed by atoms with E-state index in [2.05, 4.69) is 10.1 Å². The SMILES string of the molecule is Cc1ccc(-c2nc(CC(=O)O)n(C)n2)cc1. The summed E-state index contributed by atoms with van der Waals surface area (Å²) in [6, 6.07) is 7.80. The summed E-state index contributed by atoms with van der Waals surface area (Å²) in [6.45, 7) is 2.01. The molecule has 0 aliphatic rings. The van der Waals surface area contributed by atoms with Gasteiger partial charge < -0.3 is 5.11 Å². The second-order valence-corrected chi connectivity index (χ2v) is 3.91. The number of carboxylic acids is 1. The van der Waals surface area contributed by atoms with Crippen molar-refractivity contribution in [2.24, 2.45) is 7.05 Å². The van der Waals surface area contributed by atoms with Crippen LogP contribution in [0.15, 0.2) is 24.3 Å². The standard InChI is InChI=1S/C12H13N3O2/c1-8-3-5-9(6-4-8)12-13-10(7-11(16)17)15(2)14-12/h3-6H,7H2,1-2H3,(H,16,17). The Bertz CT molecular complexity index is 543. The number of aromatic nitrogens is 3. The highest BCUT2D eigenvalue weighted by atomic mass is 16.4. The summed E-state index contributed by atoms with van der Waals surface area (Å²) in [7, 11) is 1.70. The summed E-state index contributed by atoms with van der Waals surface area (Å²) >= 11 is 0. The Morgan fingerprint density at radius 1 is 1.35 bits per heavy atom. The second-order valence-electron chi connectivity index (χ2n) is 3.91. The lowest BCUT2D eigenvalue weighted by atomic mass is 10.1. The van der Waals surface area contributed by atoms with Gasteiger partial charge in [0.25, 0.3) is 0 Å². The average Bonchev–Trinajstić information content (AvgIpc) is 2.60. The third-order valence-electron chi connectivity index (χ3n) is 2.47. The van der Waals surface area contributed by atoms with Crippen molar-refractivity contribution in [1.82, 2.24) is 14.8 Å². The second kappa shape index (κ2) is 4.37. The van der Waals surface area contributed by atoms with E-state index in [0.717, 1.165) is 11.1 Å². The average molecular weight is 231 g/mol. The van der Waals surface area contributed by atoms with Crippen LogP contribution >= 0.6 is 0 Å². The number of benzene rings is 1. The minimum atomic E-state index is -0.907. The minimum Gasteiger partial charge on any atom is -0.481 e. The van der Waals surface area contributed by atoms with E-state index >= 15 is 0 Å². The molecule has 0 bridgehead atoms. The molecule has 1 aromatic carbocycles. The molecule has 5 heteroatoms. The Labute approximate surface area is 98.7 Å². The zero-order valence-corrected chi connectivity index (χ0v) is 9.71. The molecule has 2 rings (SSSR count). The van der Waals surface area contributed by atoms with Gasteiger partial charge in [-0.1, -0.05) is 29.8 Å². The minimum absolute atomic E-state index is 0.116. The Hall–Kier alpha value is -2.17. The van der Waals surface area contributed by atoms with Crippen LogP contribution in [-0.4, -0.2) is 25.8 Å². The normalized spacial score (nSPS) is 10.5. The lowest BCUT2D eigenvalue weighted by molar-refractivity contribution is -0.136. The fourth-order valence-electron chi connectivity index (χ4n) is 1.53. The summed E-state index contributed by atoms with van der Waals surface area (Å²) in [5.41, 5.74) is 2.05. The van der Waals surface area contributed by atoms with Crippen LogP contribution in [0, 0.1) is 6.92 Å². The molecule has 17 heavy (non-hydrogen) atoms. The first kappa shape index (κ1) is 11.3. The maximum absolute atomic E-state index is 10.6. The Kier molecular flexibility index (Phi) is 2.91. The molecule has 88 valence electrons. The number of hydrogen-bond donors (Lipinski definition) is 1. The monoisotopic (exact) mass is 231 g/mol. The third kappa shape index (κ3) is 2.50. The highest BCUT2D eigenvalue weighted by Gasteiger charge is 2.11. The van der Waals surface area contributed by atoms with Crippen LogP contribution in [0.1, 0.15) is 11.4 Å². The largest absolute Gasteiger partial charge is 0.481 e. The number of aliphatic carboxylic acids is 1. The molecule has 0 aliphatic carbocycles. The lowest BCUT2D eigenvalue weighted by Gasteiger charge is -1.95. The molecular formula is C12H13N3O2. The van der Waals surface area contributed by atoms with Crippen LogP contribution in [0.25, 0.3) is 11.4 Å². The van der Waals surface area contributed by atoms with Gasteiger partial charge >= 0.3 is 5.97 Å². The van der Waals surface area contributed by atoms with Gasteiger partial charge in [-0.05, 0) is 6.92 Å². The molecule has 1 aromatic heterocycles. The van der Waals surface area contributed by atoms with Crippen molar-refractivity contribution < 1.29 is 9.90 Å². The number of aryl methyl sites for hydroxylation is 2. The van der Waals surface area contributed by atoms with E-state index in [1.54, 1.807) is 7.05 Å². The van der Waals surface area contributed by atoms with Gasteiger partial charge in [-0.25, -0.2) is 4.98 Å². The van der Waals surface area contributed by atoms with Crippen LogP contribution in [0.4, 0.5) is 0 Å². The molecule has 0 aliphatic heterocycles. The van der Waals surface area contributed by atoms with Crippen LogP contribution in [-0.2, 0) is 18.3 Å². The summed E-state index contributed by atoms with van der Waals surface area (Å²) in [5, 5.41) is 12.9. The molecule has 2 aromatic rings. The van der Waals surface area contributed by atoms with Crippen molar-refractivity contribution in [3.8, 4) is 11.4 Å². The first-order valence-corrected chi connectivity index (χ1v) is 5.25. The number of nitrogens with zero attached hydrogens (tertiary/aromatic N) is 3. The summed E-state index contributed by atoms with van der Waals surface area (Å²) < 4.78 is 1.50. The van der Waals surface area contributed by atoms with E-state index in [4.69, 9.17) is 5.11 Å².